The molecule has 0 spiro atoms. The minimum Gasteiger partial charge on any atom is -0.309 e. The molecule has 0 saturated heterocycles. The van der Waals surface area contributed by atoms with E-state index in [1.54, 1.807) is 42.1 Å². The van der Waals surface area contributed by atoms with E-state index in [1.165, 1.54) is 11.6 Å². The highest BCUT2D eigenvalue weighted by Gasteiger charge is 2.31. The van der Waals surface area contributed by atoms with Crippen molar-refractivity contribution in [1.82, 2.24) is 14.5 Å². The number of aromatic nitrogens is 2. The van der Waals surface area contributed by atoms with Gasteiger partial charge in [0.05, 0.1) is 17.6 Å². The number of hydrogen-bond donors (Lipinski definition) is 2. The van der Waals surface area contributed by atoms with Gasteiger partial charge in [0.2, 0.25) is 5.91 Å². The zero-order valence-electron chi connectivity index (χ0n) is 19.0. The Hall–Kier alpha value is -3.46. The van der Waals surface area contributed by atoms with E-state index in [0.717, 1.165) is 5.56 Å². The molecule has 1 amide bonds. The van der Waals surface area contributed by atoms with E-state index in [0.29, 0.717) is 17.9 Å². The van der Waals surface area contributed by atoms with Crippen molar-refractivity contribution < 1.29 is 13.2 Å². The summed E-state index contributed by atoms with van der Waals surface area (Å²) in [5.41, 5.74) is 2.85. The fourth-order valence-electron chi connectivity index (χ4n) is 3.56. The second-order valence-corrected chi connectivity index (χ2v) is 10.7. The molecular formula is C24H27N5O3S. The lowest BCUT2D eigenvalue weighted by Gasteiger charge is -2.19. The summed E-state index contributed by atoms with van der Waals surface area (Å²) in [6.45, 7) is 8.63. The molecule has 33 heavy (non-hydrogen) atoms. The third-order valence-corrected chi connectivity index (χ3v) is 6.88. The SMILES string of the molecule is C[C@H](N=C1NS(=O)(=O)c2ccccc21)C(=O)Nc1ccnn1Cc1ccc(C(C)(C)C)cc1. The Bertz CT molecular complexity index is 1320. The normalized spacial score (nSPS) is 16.8. The van der Waals surface area contributed by atoms with Crippen molar-refractivity contribution in [2.24, 2.45) is 4.99 Å². The summed E-state index contributed by atoms with van der Waals surface area (Å²) in [4.78, 5) is 17.3. The van der Waals surface area contributed by atoms with Crippen molar-refractivity contribution in [1.29, 1.82) is 0 Å². The van der Waals surface area contributed by atoms with E-state index in [1.807, 2.05) is 0 Å². The Morgan fingerprint density at radius 1 is 1.12 bits per heavy atom. The molecule has 2 heterocycles. The molecule has 1 aromatic heterocycles. The van der Waals surface area contributed by atoms with Gasteiger partial charge in [0.25, 0.3) is 10.0 Å². The summed E-state index contributed by atoms with van der Waals surface area (Å²) in [7, 11) is -3.66. The maximum atomic E-state index is 12.8. The van der Waals surface area contributed by atoms with Crippen LogP contribution in [0.5, 0.6) is 0 Å². The maximum Gasteiger partial charge on any atom is 0.263 e. The minimum absolute atomic E-state index is 0.0784. The van der Waals surface area contributed by atoms with Crippen LogP contribution >= 0.6 is 0 Å². The lowest BCUT2D eigenvalue weighted by molar-refractivity contribution is -0.117. The van der Waals surface area contributed by atoms with Gasteiger partial charge in [-0.05, 0) is 35.6 Å². The zero-order valence-corrected chi connectivity index (χ0v) is 19.8. The topological polar surface area (TPSA) is 105 Å². The molecule has 1 aliphatic rings. The van der Waals surface area contributed by atoms with E-state index in [2.05, 4.69) is 65.2 Å². The molecule has 1 aliphatic heterocycles. The molecule has 0 aliphatic carbocycles. The van der Waals surface area contributed by atoms with Crippen LogP contribution in [0.15, 0.2) is 70.7 Å². The molecule has 9 heteroatoms. The third-order valence-electron chi connectivity index (χ3n) is 5.49. The Balaban J connectivity index is 1.47. The number of carbonyl (C=O) groups is 1. The van der Waals surface area contributed by atoms with Crippen molar-refractivity contribution in [3.8, 4) is 0 Å². The number of hydrogen-bond acceptors (Lipinski definition) is 5. The Kier molecular flexibility index (Phi) is 5.84. The number of benzene rings is 2. The highest BCUT2D eigenvalue weighted by Crippen LogP contribution is 2.24. The van der Waals surface area contributed by atoms with Crippen molar-refractivity contribution in [3.63, 3.8) is 0 Å². The van der Waals surface area contributed by atoms with Gasteiger partial charge in [-0.15, -0.1) is 0 Å². The van der Waals surface area contributed by atoms with Crippen LogP contribution in [0.1, 0.15) is 44.4 Å². The number of nitrogens with one attached hydrogen (secondary N) is 2. The lowest BCUT2D eigenvalue weighted by Crippen LogP contribution is -2.29. The fourth-order valence-corrected chi connectivity index (χ4v) is 4.80. The number of amides is 1. The Morgan fingerprint density at radius 3 is 2.52 bits per heavy atom. The number of rotatable bonds is 5. The smallest absolute Gasteiger partial charge is 0.263 e. The Morgan fingerprint density at radius 2 is 1.82 bits per heavy atom. The number of fused-ring (bicyclic) bond motifs is 1. The highest BCUT2D eigenvalue weighted by molar-refractivity contribution is 7.90. The molecule has 0 saturated carbocycles. The average Bonchev–Trinajstić information content (AvgIpc) is 3.29. The summed E-state index contributed by atoms with van der Waals surface area (Å²) < 4.78 is 28.7. The first-order chi connectivity index (χ1) is 15.5. The molecule has 8 nitrogen and oxygen atoms in total. The Labute approximate surface area is 193 Å². The summed E-state index contributed by atoms with van der Waals surface area (Å²) in [5.74, 6) is 0.343. The van der Waals surface area contributed by atoms with Gasteiger partial charge in [-0.3, -0.25) is 14.5 Å². The summed E-state index contributed by atoms with van der Waals surface area (Å²) >= 11 is 0. The lowest BCUT2D eigenvalue weighted by atomic mass is 9.87. The summed E-state index contributed by atoms with van der Waals surface area (Å²) in [6.07, 6.45) is 1.62. The number of anilines is 1. The number of sulfonamides is 1. The van der Waals surface area contributed by atoms with E-state index >= 15 is 0 Å². The van der Waals surface area contributed by atoms with Crippen molar-refractivity contribution in [2.45, 2.75) is 50.6 Å². The summed E-state index contributed by atoms with van der Waals surface area (Å²) in [5, 5.41) is 7.16. The van der Waals surface area contributed by atoms with Crippen LogP contribution < -0.4 is 10.0 Å². The molecule has 0 radical (unpaired) electrons. The van der Waals surface area contributed by atoms with Gasteiger partial charge >= 0.3 is 0 Å². The van der Waals surface area contributed by atoms with E-state index < -0.39 is 16.1 Å². The second kappa shape index (κ2) is 8.47. The standard InChI is InChI=1S/C24H27N5O3S/c1-16(26-22-19-7-5-6-8-20(19)33(31,32)28-22)23(30)27-21-13-14-25-29(21)15-17-9-11-18(12-10-17)24(2,3)4/h5-14,16H,15H2,1-4H3,(H,26,28)(H,27,30)/t16-/m0/s1. The van der Waals surface area contributed by atoms with Gasteiger partial charge in [-0.1, -0.05) is 57.2 Å². The molecule has 172 valence electrons. The predicted molar refractivity (Wildman–Crippen MR) is 128 cm³/mol. The summed E-state index contributed by atoms with van der Waals surface area (Å²) in [6, 6.07) is 15.8. The molecular weight excluding hydrogens is 438 g/mol. The molecule has 2 N–H and O–H groups in total. The molecule has 0 unspecified atom stereocenters. The first kappa shape index (κ1) is 22.7. The van der Waals surface area contributed by atoms with Gasteiger partial charge in [0.15, 0.2) is 0 Å². The second-order valence-electron chi connectivity index (χ2n) is 9.07. The van der Waals surface area contributed by atoms with E-state index in [9.17, 15) is 13.2 Å². The number of aliphatic imine (C=N–C) groups is 1. The fraction of sp³-hybridized carbons (Fsp3) is 0.292. The number of amidine groups is 1. The third kappa shape index (κ3) is 4.83. The van der Waals surface area contributed by atoms with Gasteiger partial charge in [-0.25, -0.2) is 13.1 Å². The van der Waals surface area contributed by atoms with E-state index in [-0.39, 0.29) is 22.1 Å². The minimum atomic E-state index is -3.66. The predicted octanol–water partition coefficient (Wildman–Crippen LogP) is 3.29. The van der Waals surface area contributed by atoms with Gasteiger partial charge in [-0.2, -0.15) is 5.10 Å². The first-order valence-electron chi connectivity index (χ1n) is 10.7. The maximum absolute atomic E-state index is 12.8. The quantitative estimate of drug-likeness (QED) is 0.603. The molecule has 0 bridgehead atoms. The van der Waals surface area contributed by atoms with Crippen molar-refractivity contribution in [2.75, 3.05) is 5.32 Å². The van der Waals surface area contributed by atoms with Gasteiger partial charge < -0.3 is 5.32 Å². The van der Waals surface area contributed by atoms with E-state index in [4.69, 9.17) is 0 Å². The highest BCUT2D eigenvalue weighted by atomic mass is 32.2. The molecule has 0 fully saturated rings. The molecule has 1 atom stereocenters. The van der Waals surface area contributed by atoms with Gasteiger partial charge in [0, 0.05) is 11.6 Å². The van der Waals surface area contributed by atoms with Crippen LogP contribution in [0.3, 0.4) is 0 Å². The van der Waals surface area contributed by atoms with Crippen LogP contribution in [-0.2, 0) is 26.8 Å². The van der Waals surface area contributed by atoms with Gasteiger partial charge in [0.1, 0.15) is 17.7 Å². The first-order valence-corrected chi connectivity index (χ1v) is 12.1. The molecule has 2 aromatic carbocycles. The number of carbonyl (C=O) groups excluding carboxylic acids is 1. The monoisotopic (exact) mass is 465 g/mol. The van der Waals surface area contributed by atoms with Crippen LogP contribution in [0.25, 0.3) is 0 Å². The van der Waals surface area contributed by atoms with Crippen LogP contribution in [-0.4, -0.2) is 36.0 Å². The van der Waals surface area contributed by atoms with Crippen LogP contribution in [0, 0.1) is 0 Å². The zero-order chi connectivity index (χ0) is 23.8. The largest absolute Gasteiger partial charge is 0.309 e. The van der Waals surface area contributed by atoms with Crippen molar-refractivity contribution in [3.05, 3.63) is 77.5 Å². The molecule has 4 rings (SSSR count). The van der Waals surface area contributed by atoms with Crippen molar-refractivity contribution >= 4 is 27.6 Å². The molecule has 3 aromatic rings. The number of nitrogens with zero attached hydrogens (tertiary/aromatic N) is 3. The van der Waals surface area contributed by atoms with Crippen LogP contribution in [0.4, 0.5) is 5.82 Å². The average molecular weight is 466 g/mol. The van der Waals surface area contributed by atoms with Crippen LogP contribution in [0.2, 0.25) is 0 Å².